The fourth-order valence-electron chi connectivity index (χ4n) is 11.2. The zero-order valence-corrected chi connectivity index (χ0v) is 52.0. The molecule has 82 heavy (non-hydrogen) atoms. The van der Waals surface area contributed by atoms with Crippen molar-refractivity contribution in [1.82, 2.24) is 5.32 Å². The number of aliphatic hydroxyl groups is 8. The molecule has 0 aromatic heterocycles. The average Bonchev–Trinajstić information content (AvgIpc) is 3.56. The Labute approximate surface area is 499 Å². The summed E-state index contributed by atoms with van der Waals surface area (Å²) in [5, 5.41) is 87.6. The lowest BCUT2D eigenvalue weighted by molar-refractivity contribution is -0.359. The highest BCUT2D eigenvalue weighted by Crippen LogP contribution is 2.30. The maximum Gasteiger partial charge on any atom is 0.220 e. The van der Waals surface area contributed by atoms with Crippen molar-refractivity contribution in [1.29, 1.82) is 0 Å². The molecule has 2 aliphatic rings. The Morgan fingerprint density at radius 3 is 1.29 bits per heavy atom. The van der Waals surface area contributed by atoms with Gasteiger partial charge in [0.2, 0.25) is 5.91 Å². The number of nitrogens with one attached hydrogen (secondary N) is 1. The number of hydrogen-bond donors (Lipinski definition) is 9. The molecular weight excluding hydrogens is 1040 g/mol. The number of unbranched alkanes of at least 4 members (excludes halogenated alkanes) is 34. The van der Waals surface area contributed by atoms with E-state index in [0.29, 0.717) is 12.8 Å². The molecule has 0 radical (unpaired) electrons. The Bertz CT molecular complexity index is 1560. The third kappa shape index (κ3) is 37.5. The van der Waals surface area contributed by atoms with Gasteiger partial charge < -0.3 is 65.1 Å². The summed E-state index contributed by atoms with van der Waals surface area (Å²) in [5.74, 6) is -0.207. The van der Waals surface area contributed by atoms with Crippen molar-refractivity contribution in [3.63, 3.8) is 0 Å². The van der Waals surface area contributed by atoms with Crippen LogP contribution in [0.4, 0.5) is 0 Å². The van der Waals surface area contributed by atoms with Crippen molar-refractivity contribution in [2.75, 3.05) is 19.8 Å². The largest absolute Gasteiger partial charge is 0.394 e. The molecule has 2 saturated heterocycles. The van der Waals surface area contributed by atoms with Gasteiger partial charge in [-0.05, 0) is 51.4 Å². The monoisotopic (exact) mass is 1160 g/mol. The Morgan fingerprint density at radius 2 is 0.841 bits per heavy atom. The highest BCUT2D eigenvalue weighted by atomic mass is 16.7. The molecule has 14 heteroatoms. The van der Waals surface area contributed by atoms with Crippen LogP contribution in [-0.2, 0) is 23.7 Å². The lowest BCUT2D eigenvalue weighted by Gasteiger charge is -2.46. The van der Waals surface area contributed by atoms with E-state index in [0.717, 1.165) is 83.5 Å². The van der Waals surface area contributed by atoms with Crippen LogP contribution in [0.3, 0.4) is 0 Å². The fourth-order valence-corrected chi connectivity index (χ4v) is 11.2. The predicted octanol–water partition coefficient (Wildman–Crippen LogP) is 13.1. The molecule has 9 N–H and O–H groups in total. The molecular formula is C68H125NO13. The number of amides is 1. The van der Waals surface area contributed by atoms with Crippen molar-refractivity contribution in [2.24, 2.45) is 0 Å². The quantitative estimate of drug-likeness (QED) is 0.0204. The molecule has 12 unspecified atom stereocenters. The highest BCUT2D eigenvalue weighted by Gasteiger charge is 2.51. The molecule has 2 heterocycles. The number of ether oxygens (including phenoxy) is 4. The average molecular weight is 1160 g/mol. The maximum atomic E-state index is 13.3. The van der Waals surface area contributed by atoms with Crippen LogP contribution in [0.2, 0.25) is 0 Å². The summed E-state index contributed by atoms with van der Waals surface area (Å²) >= 11 is 0. The van der Waals surface area contributed by atoms with Crippen molar-refractivity contribution in [2.45, 2.75) is 357 Å². The van der Waals surface area contributed by atoms with Gasteiger partial charge in [0, 0.05) is 6.42 Å². The van der Waals surface area contributed by atoms with Gasteiger partial charge in [0.25, 0.3) is 0 Å². The van der Waals surface area contributed by atoms with Crippen LogP contribution in [0.5, 0.6) is 0 Å². The Balaban J connectivity index is 1.69. The van der Waals surface area contributed by atoms with Crippen molar-refractivity contribution in [3.05, 3.63) is 48.6 Å². The first-order valence-electron chi connectivity index (χ1n) is 33.9. The van der Waals surface area contributed by atoms with Gasteiger partial charge in [-0.3, -0.25) is 4.79 Å². The normalized spacial score (nSPS) is 24.2. The smallest absolute Gasteiger partial charge is 0.220 e. The molecule has 12 atom stereocenters. The second-order valence-corrected chi connectivity index (χ2v) is 23.9. The van der Waals surface area contributed by atoms with Gasteiger partial charge in [-0.1, -0.05) is 274 Å². The number of aliphatic hydroxyl groups excluding tert-OH is 8. The van der Waals surface area contributed by atoms with Crippen molar-refractivity contribution >= 4 is 5.91 Å². The van der Waals surface area contributed by atoms with Gasteiger partial charge in [-0.25, -0.2) is 0 Å². The van der Waals surface area contributed by atoms with Gasteiger partial charge >= 0.3 is 0 Å². The molecule has 2 rings (SSSR count). The van der Waals surface area contributed by atoms with Crippen LogP contribution >= 0.6 is 0 Å². The number of carbonyl (C=O) groups is 1. The van der Waals surface area contributed by atoms with Crippen LogP contribution in [0.15, 0.2) is 48.6 Å². The molecule has 14 nitrogen and oxygen atoms in total. The van der Waals surface area contributed by atoms with Gasteiger partial charge in [-0.2, -0.15) is 0 Å². The lowest BCUT2D eigenvalue weighted by atomic mass is 9.97. The van der Waals surface area contributed by atoms with Crippen LogP contribution in [-0.4, -0.2) is 140 Å². The molecule has 0 bridgehead atoms. The first-order valence-corrected chi connectivity index (χ1v) is 33.9. The summed E-state index contributed by atoms with van der Waals surface area (Å²) in [7, 11) is 0. The molecule has 1 amide bonds. The van der Waals surface area contributed by atoms with Crippen LogP contribution in [0, 0.1) is 0 Å². The zero-order valence-electron chi connectivity index (χ0n) is 52.0. The van der Waals surface area contributed by atoms with Crippen molar-refractivity contribution < 1.29 is 64.6 Å². The Morgan fingerprint density at radius 1 is 0.451 bits per heavy atom. The van der Waals surface area contributed by atoms with E-state index in [1.807, 2.05) is 0 Å². The predicted molar refractivity (Wildman–Crippen MR) is 332 cm³/mol. The van der Waals surface area contributed by atoms with Crippen LogP contribution < -0.4 is 5.32 Å². The lowest BCUT2D eigenvalue weighted by Crippen LogP contribution is -2.65. The standard InChI is InChI=1S/C68H125NO13/c1-3-5-7-9-11-13-15-17-19-21-23-25-27-28-30-32-34-36-38-40-42-44-46-48-50-52-60(73)69-56(55-79-67-65(78)63(76)66(59(54-71)81-67)82-68-64(77)62(75)61(74)58(53-70)80-68)57(72)51-49-47-45-43-41-39-37-35-33-31-29-26-24-22-20-18-16-14-12-10-8-6-4-2/h5,7,11,13,17,19,23,25,56-59,61-68,70-72,74-78H,3-4,6,8-10,12,14-16,18,20-22,24,26-55H2,1-2H3,(H,69,73)/b7-5-,13-11-,19-17-,25-23-. The molecule has 2 aliphatic heterocycles. The van der Waals surface area contributed by atoms with Crippen molar-refractivity contribution in [3.8, 4) is 0 Å². The summed E-state index contributed by atoms with van der Waals surface area (Å²) in [6, 6.07) is -0.832. The third-order valence-electron chi connectivity index (χ3n) is 16.6. The molecule has 480 valence electrons. The van der Waals surface area contributed by atoms with E-state index < -0.39 is 86.8 Å². The second-order valence-electron chi connectivity index (χ2n) is 23.9. The SMILES string of the molecule is CC/C=C\C/C=C\C/C=C\C/C=C\CCCCCCCCCCCCCCC(=O)NC(COC1OC(CO)C(OC2OC(CO)C(O)C(O)C2O)C(O)C1O)C(O)CCCCCCCCCCCCCCCCCCCCCCCCC. The zero-order chi connectivity index (χ0) is 59.5. The Kier molecular flexibility index (Phi) is 49.3. The van der Waals surface area contributed by atoms with Gasteiger partial charge in [0.1, 0.15) is 48.8 Å². The van der Waals surface area contributed by atoms with E-state index in [-0.39, 0.29) is 12.5 Å². The molecule has 2 fully saturated rings. The summed E-state index contributed by atoms with van der Waals surface area (Å²) in [5.41, 5.74) is 0. The minimum absolute atomic E-state index is 0.207. The third-order valence-corrected chi connectivity index (χ3v) is 16.6. The number of rotatable bonds is 55. The summed E-state index contributed by atoms with van der Waals surface area (Å²) in [4.78, 5) is 13.3. The summed E-state index contributed by atoms with van der Waals surface area (Å²) < 4.78 is 22.9. The molecule has 0 aliphatic carbocycles. The second kappa shape index (κ2) is 53.2. The minimum Gasteiger partial charge on any atom is -0.394 e. The molecule has 0 saturated carbocycles. The first-order chi connectivity index (χ1) is 40.1. The fraction of sp³-hybridized carbons (Fsp3) is 0.868. The number of hydrogen-bond acceptors (Lipinski definition) is 13. The molecule has 0 aromatic rings. The van der Waals surface area contributed by atoms with E-state index in [2.05, 4.69) is 67.8 Å². The van der Waals surface area contributed by atoms with E-state index in [1.54, 1.807) is 0 Å². The molecule has 0 spiro atoms. The summed E-state index contributed by atoms with van der Waals surface area (Å²) in [6.07, 6.45) is 51.1. The van der Waals surface area contributed by atoms with Gasteiger partial charge in [0.05, 0.1) is 32.0 Å². The highest BCUT2D eigenvalue weighted by molar-refractivity contribution is 5.76. The van der Waals surface area contributed by atoms with Crippen LogP contribution in [0.1, 0.15) is 284 Å². The topological polar surface area (TPSA) is 228 Å². The minimum atomic E-state index is -1.78. The number of allylic oxidation sites excluding steroid dienone is 8. The van der Waals surface area contributed by atoms with E-state index in [1.165, 1.54) is 173 Å². The maximum absolute atomic E-state index is 13.3. The Hall–Kier alpha value is -2.05. The number of carbonyl (C=O) groups excluding carboxylic acids is 1. The van der Waals surface area contributed by atoms with Gasteiger partial charge in [-0.15, -0.1) is 0 Å². The molecule has 0 aromatic carbocycles. The van der Waals surface area contributed by atoms with E-state index >= 15 is 0 Å². The van der Waals surface area contributed by atoms with Crippen LogP contribution in [0.25, 0.3) is 0 Å². The first kappa shape index (κ1) is 76.0. The van der Waals surface area contributed by atoms with E-state index in [9.17, 15) is 45.6 Å². The van der Waals surface area contributed by atoms with Gasteiger partial charge in [0.15, 0.2) is 12.6 Å². The van der Waals surface area contributed by atoms with E-state index in [4.69, 9.17) is 18.9 Å². The summed E-state index contributed by atoms with van der Waals surface area (Å²) in [6.45, 7) is 2.78.